The highest BCUT2D eigenvalue weighted by Crippen LogP contribution is 2.27. The molecule has 1 aliphatic rings. The number of aromatic nitrogens is 4. The molecule has 21 heavy (non-hydrogen) atoms. The Hall–Kier alpha value is -2.68. The van der Waals surface area contributed by atoms with Gasteiger partial charge in [-0.3, -0.25) is 9.36 Å². The fourth-order valence-electron chi connectivity index (χ4n) is 2.20. The van der Waals surface area contributed by atoms with Crippen molar-refractivity contribution in [3.05, 3.63) is 44.6 Å². The normalized spacial score (nSPS) is 17.1. The summed E-state index contributed by atoms with van der Waals surface area (Å²) in [5.41, 5.74) is 6.23. The molecule has 0 fully saturated rings. The smallest absolute Gasteiger partial charge is 0.345 e. The minimum absolute atomic E-state index is 0.329. The lowest BCUT2D eigenvalue weighted by atomic mass is 10.3. The molecule has 0 aliphatic carbocycles. The van der Waals surface area contributed by atoms with Crippen LogP contribution < -0.4 is 17.0 Å². The van der Waals surface area contributed by atoms with Crippen molar-refractivity contribution in [2.75, 3.05) is 7.05 Å². The Kier molecular flexibility index (Phi) is 2.80. The average molecular weight is 289 g/mol. The van der Waals surface area contributed by atoms with Crippen molar-refractivity contribution in [2.24, 2.45) is 17.8 Å². The third-order valence-electron chi connectivity index (χ3n) is 3.51. The van der Waals surface area contributed by atoms with Gasteiger partial charge in [-0.25, -0.2) is 24.1 Å². The highest BCUT2D eigenvalue weighted by atomic mass is 16.2. The van der Waals surface area contributed by atoms with E-state index in [-0.39, 0.29) is 5.56 Å². The summed E-state index contributed by atoms with van der Waals surface area (Å²) in [5.74, 6) is 0.473. The minimum atomic E-state index is -0.478. The second-order valence-electron chi connectivity index (χ2n) is 4.96. The van der Waals surface area contributed by atoms with E-state index < -0.39 is 11.9 Å². The first-order valence-corrected chi connectivity index (χ1v) is 6.30. The Labute approximate surface area is 119 Å². The second kappa shape index (κ2) is 4.42. The molecule has 110 valence electrons. The maximum atomic E-state index is 12.3. The SMILES string of the molecule is Cc1cn(-n2cnc3c2N=CN(C)C3N)c(=O)n(C)c1=O. The standard InChI is InChI=1S/C12H15N7O2/c1-7-4-18(12(21)17(3)11(7)20)19-6-14-8-9(13)16(2)5-15-10(8)19/h4-6,9H,13H2,1-3H3. The molecule has 0 aromatic carbocycles. The molecule has 1 unspecified atom stereocenters. The largest absolute Gasteiger partial charge is 0.350 e. The van der Waals surface area contributed by atoms with Crippen LogP contribution in [0.15, 0.2) is 27.1 Å². The molecule has 9 heteroatoms. The molecular formula is C12H15N7O2. The summed E-state index contributed by atoms with van der Waals surface area (Å²) in [7, 11) is 3.22. The Bertz CT molecular complexity index is 857. The Morgan fingerprint density at radius 3 is 2.67 bits per heavy atom. The Balaban J connectivity index is 2.27. The van der Waals surface area contributed by atoms with Gasteiger partial charge in [0, 0.05) is 25.9 Å². The van der Waals surface area contributed by atoms with Crippen LogP contribution in [0, 0.1) is 6.92 Å². The first kappa shape index (κ1) is 13.3. The fraction of sp³-hybridized carbons (Fsp3) is 0.333. The van der Waals surface area contributed by atoms with Gasteiger partial charge in [-0.05, 0) is 6.92 Å². The quantitative estimate of drug-likeness (QED) is 0.719. The van der Waals surface area contributed by atoms with Crippen molar-refractivity contribution in [3.8, 4) is 0 Å². The number of imidazole rings is 1. The van der Waals surface area contributed by atoms with Crippen LogP contribution in [-0.2, 0) is 7.05 Å². The zero-order chi connectivity index (χ0) is 15.3. The van der Waals surface area contributed by atoms with Gasteiger partial charge in [-0.15, -0.1) is 0 Å². The second-order valence-corrected chi connectivity index (χ2v) is 4.96. The molecular weight excluding hydrogens is 274 g/mol. The predicted molar refractivity (Wildman–Crippen MR) is 76.5 cm³/mol. The molecule has 0 saturated carbocycles. The Morgan fingerprint density at radius 1 is 1.24 bits per heavy atom. The lowest BCUT2D eigenvalue weighted by Crippen LogP contribution is -2.41. The van der Waals surface area contributed by atoms with E-state index in [4.69, 9.17) is 5.73 Å². The third kappa shape index (κ3) is 1.82. The summed E-state index contributed by atoms with van der Waals surface area (Å²) in [6.45, 7) is 1.64. The van der Waals surface area contributed by atoms with Crippen LogP contribution in [0.5, 0.6) is 0 Å². The molecule has 0 bridgehead atoms. The third-order valence-corrected chi connectivity index (χ3v) is 3.51. The van der Waals surface area contributed by atoms with Crippen molar-refractivity contribution in [2.45, 2.75) is 13.1 Å². The van der Waals surface area contributed by atoms with Crippen molar-refractivity contribution in [3.63, 3.8) is 0 Å². The van der Waals surface area contributed by atoms with E-state index in [1.807, 2.05) is 0 Å². The first-order chi connectivity index (χ1) is 9.91. The van der Waals surface area contributed by atoms with Gasteiger partial charge in [0.15, 0.2) is 5.82 Å². The van der Waals surface area contributed by atoms with Gasteiger partial charge in [0.25, 0.3) is 5.56 Å². The monoisotopic (exact) mass is 289 g/mol. The van der Waals surface area contributed by atoms with Gasteiger partial charge >= 0.3 is 5.69 Å². The summed E-state index contributed by atoms with van der Waals surface area (Å²) >= 11 is 0. The van der Waals surface area contributed by atoms with Gasteiger partial charge in [0.2, 0.25) is 0 Å². The van der Waals surface area contributed by atoms with E-state index in [2.05, 4.69) is 9.98 Å². The molecule has 0 radical (unpaired) electrons. The molecule has 2 aromatic rings. The first-order valence-electron chi connectivity index (χ1n) is 6.30. The lowest BCUT2D eigenvalue weighted by Gasteiger charge is -2.24. The summed E-state index contributed by atoms with van der Waals surface area (Å²) < 4.78 is 3.81. The van der Waals surface area contributed by atoms with E-state index in [0.717, 1.165) is 4.57 Å². The molecule has 2 N–H and O–H groups in total. The number of hydrogen-bond acceptors (Lipinski definition) is 6. The maximum Gasteiger partial charge on any atom is 0.350 e. The molecule has 0 spiro atoms. The summed E-state index contributed by atoms with van der Waals surface area (Å²) in [5, 5.41) is 0. The highest BCUT2D eigenvalue weighted by molar-refractivity contribution is 5.65. The molecule has 0 saturated heterocycles. The number of hydrogen-bond donors (Lipinski definition) is 1. The number of aryl methyl sites for hydroxylation is 1. The number of nitrogens with zero attached hydrogens (tertiary/aromatic N) is 6. The van der Waals surface area contributed by atoms with Crippen LogP contribution in [0.4, 0.5) is 5.82 Å². The zero-order valence-corrected chi connectivity index (χ0v) is 11.9. The van der Waals surface area contributed by atoms with Gasteiger partial charge in [-0.1, -0.05) is 0 Å². The van der Waals surface area contributed by atoms with Crippen LogP contribution in [0.1, 0.15) is 17.4 Å². The molecule has 3 rings (SSSR count). The number of nitrogens with two attached hydrogens (primary N) is 1. The van der Waals surface area contributed by atoms with Gasteiger partial charge < -0.3 is 10.6 Å². The van der Waals surface area contributed by atoms with Crippen molar-refractivity contribution in [1.82, 2.24) is 23.8 Å². The molecule has 9 nitrogen and oxygen atoms in total. The predicted octanol–water partition coefficient (Wildman–Crippen LogP) is -1.07. The van der Waals surface area contributed by atoms with Gasteiger partial charge in [0.05, 0.1) is 6.34 Å². The maximum absolute atomic E-state index is 12.3. The van der Waals surface area contributed by atoms with Crippen molar-refractivity contribution < 1.29 is 0 Å². The van der Waals surface area contributed by atoms with Gasteiger partial charge in [-0.2, -0.15) is 0 Å². The molecule has 3 heterocycles. The van der Waals surface area contributed by atoms with Crippen LogP contribution in [0.25, 0.3) is 0 Å². The molecule has 2 aromatic heterocycles. The van der Waals surface area contributed by atoms with E-state index in [1.165, 1.54) is 28.9 Å². The molecule has 0 amide bonds. The lowest BCUT2D eigenvalue weighted by molar-refractivity contribution is 0.382. The highest BCUT2D eigenvalue weighted by Gasteiger charge is 2.24. The summed E-state index contributed by atoms with van der Waals surface area (Å²) in [4.78, 5) is 34.2. The van der Waals surface area contributed by atoms with Gasteiger partial charge in [0.1, 0.15) is 18.2 Å². The van der Waals surface area contributed by atoms with Crippen LogP contribution in [0.3, 0.4) is 0 Å². The van der Waals surface area contributed by atoms with Crippen LogP contribution >= 0.6 is 0 Å². The topological polar surface area (TPSA) is 103 Å². The number of fused-ring (bicyclic) bond motifs is 1. The molecule has 1 atom stereocenters. The van der Waals surface area contributed by atoms with Crippen LogP contribution in [0.2, 0.25) is 0 Å². The summed E-state index contributed by atoms with van der Waals surface area (Å²) in [6, 6.07) is 0. The molecule has 1 aliphatic heterocycles. The summed E-state index contributed by atoms with van der Waals surface area (Å²) in [6.07, 6.45) is 4.08. The fourth-order valence-corrected chi connectivity index (χ4v) is 2.20. The zero-order valence-electron chi connectivity index (χ0n) is 11.9. The van der Waals surface area contributed by atoms with E-state index in [1.54, 1.807) is 25.2 Å². The number of rotatable bonds is 1. The van der Waals surface area contributed by atoms with Crippen LogP contribution in [-0.4, -0.2) is 37.2 Å². The van der Waals surface area contributed by atoms with Crippen molar-refractivity contribution in [1.29, 1.82) is 0 Å². The van der Waals surface area contributed by atoms with E-state index in [9.17, 15) is 9.59 Å². The Morgan fingerprint density at radius 2 is 1.95 bits per heavy atom. The van der Waals surface area contributed by atoms with E-state index in [0.29, 0.717) is 17.1 Å². The van der Waals surface area contributed by atoms with Crippen molar-refractivity contribution >= 4 is 12.2 Å². The average Bonchev–Trinajstić information content (AvgIpc) is 2.89. The van der Waals surface area contributed by atoms with E-state index >= 15 is 0 Å². The minimum Gasteiger partial charge on any atom is -0.345 e. The number of aliphatic imine (C=N–C) groups is 1.